The van der Waals surface area contributed by atoms with Gasteiger partial charge in [-0.3, -0.25) is 4.79 Å². The summed E-state index contributed by atoms with van der Waals surface area (Å²) in [5, 5.41) is 10.9. The molecule has 1 aromatic heterocycles. The lowest BCUT2D eigenvalue weighted by Gasteiger charge is -2.36. The van der Waals surface area contributed by atoms with Crippen molar-refractivity contribution in [1.29, 1.82) is 0 Å². The predicted octanol–water partition coefficient (Wildman–Crippen LogP) is 1.17. The highest BCUT2D eigenvalue weighted by atomic mass is 16.5. The lowest BCUT2D eigenvalue weighted by Crippen LogP contribution is -2.49. The minimum atomic E-state index is -0.559. The van der Waals surface area contributed by atoms with Gasteiger partial charge in [-0.1, -0.05) is 24.3 Å². The fraction of sp³-hybridized carbons (Fsp3) is 0.250. The highest BCUT2D eigenvalue weighted by Crippen LogP contribution is 2.16. The van der Waals surface area contributed by atoms with Crippen LogP contribution in [0.3, 0.4) is 0 Å². The maximum atomic E-state index is 12.4. The number of benzene rings is 2. The molecule has 0 spiro atoms. The van der Waals surface area contributed by atoms with Crippen molar-refractivity contribution < 1.29 is 14.3 Å². The van der Waals surface area contributed by atoms with Crippen molar-refractivity contribution in [2.45, 2.75) is 0 Å². The first-order chi connectivity index (χ1) is 14.2. The summed E-state index contributed by atoms with van der Waals surface area (Å²) in [7, 11) is 0. The number of piperazine rings is 1. The predicted molar refractivity (Wildman–Crippen MR) is 105 cm³/mol. The van der Waals surface area contributed by atoms with Gasteiger partial charge < -0.3 is 14.5 Å². The van der Waals surface area contributed by atoms with E-state index in [1.54, 1.807) is 29.2 Å². The Balaban J connectivity index is 1.29. The number of para-hydroxylation sites is 1. The molecule has 148 valence electrons. The van der Waals surface area contributed by atoms with E-state index in [2.05, 4.69) is 32.6 Å². The monoisotopic (exact) mass is 392 g/mol. The van der Waals surface area contributed by atoms with Crippen LogP contribution in [-0.2, 0) is 9.53 Å². The van der Waals surface area contributed by atoms with Crippen molar-refractivity contribution in [3.63, 3.8) is 0 Å². The summed E-state index contributed by atoms with van der Waals surface area (Å²) in [6, 6.07) is 16.8. The van der Waals surface area contributed by atoms with Crippen LogP contribution in [0, 0.1) is 0 Å². The summed E-state index contributed by atoms with van der Waals surface area (Å²) in [4.78, 5) is 28.7. The van der Waals surface area contributed by atoms with Crippen LogP contribution in [0.2, 0.25) is 0 Å². The number of carbonyl (C=O) groups excluding carboxylic acids is 2. The van der Waals surface area contributed by atoms with Gasteiger partial charge in [-0.05, 0) is 40.8 Å². The third kappa shape index (κ3) is 4.40. The van der Waals surface area contributed by atoms with Gasteiger partial charge >= 0.3 is 5.97 Å². The molecule has 0 atom stereocenters. The quantitative estimate of drug-likeness (QED) is 0.602. The first-order valence-corrected chi connectivity index (χ1v) is 9.29. The Kier molecular flexibility index (Phi) is 5.46. The highest BCUT2D eigenvalue weighted by Gasteiger charge is 2.22. The molecule has 1 aliphatic rings. The number of carbonyl (C=O) groups is 2. The summed E-state index contributed by atoms with van der Waals surface area (Å²) in [5.41, 5.74) is 2.11. The average Bonchev–Trinajstić information content (AvgIpc) is 3.33. The molecule has 0 radical (unpaired) electrons. The highest BCUT2D eigenvalue weighted by molar-refractivity contribution is 5.91. The summed E-state index contributed by atoms with van der Waals surface area (Å²) in [5.74, 6) is -0.751. The minimum Gasteiger partial charge on any atom is -0.452 e. The van der Waals surface area contributed by atoms with Crippen LogP contribution in [0.5, 0.6) is 0 Å². The third-order valence-electron chi connectivity index (χ3n) is 4.78. The van der Waals surface area contributed by atoms with Crippen LogP contribution in [-0.4, -0.2) is 69.8 Å². The second-order valence-electron chi connectivity index (χ2n) is 6.58. The molecule has 0 bridgehead atoms. The molecule has 4 rings (SSSR count). The van der Waals surface area contributed by atoms with Gasteiger partial charge in [0.2, 0.25) is 0 Å². The molecule has 1 saturated heterocycles. The van der Waals surface area contributed by atoms with E-state index < -0.39 is 5.97 Å². The Hall–Kier alpha value is -3.75. The van der Waals surface area contributed by atoms with E-state index in [0.717, 1.165) is 18.8 Å². The van der Waals surface area contributed by atoms with Crippen molar-refractivity contribution in [2.75, 3.05) is 37.7 Å². The van der Waals surface area contributed by atoms with Gasteiger partial charge in [0.25, 0.3) is 5.91 Å². The van der Waals surface area contributed by atoms with Crippen LogP contribution >= 0.6 is 0 Å². The van der Waals surface area contributed by atoms with E-state index in [4.69, 9.17) is 4.74 Å². The number of esters is 1. The normalized spacial score (nSPS) is 13.9. The number of rotatable bonds is 5. The van der Waals surface area contributed by atoms with Gasteiger partial charge in [0.15, 0.2) is 6.61 Å². The lowest BCUT2D eigenvalue weighted by molar-refractivity contribution is -0.134. The first kappa shape index (κ1) is 18.6. The molecular formula is C20H20N6O3. The van der Waals surface area contributed by atoms with Gasteiger partial charge in [-0.25, -0.2) is 9.48 Å². The number of aromatic nitrogens is 4. The molecule has 1 aliphatic heterocycles. The van der Waals surface area contributed by atoms with Crippen LogP contribution in [0.15, 0.2) is 60.9 Å². The lowest BCUT2D eigenvalue weighted by atomic mass is 10.2. The molecule has 1 amide bonds. The zero-order valence-corrected chi connectivity index (χ0v) is 15.7. The number of amides is 1. The fourth-order valence-corrected chi connectivity index (χ4v) is 3.21. The molecular weight excluding hydrogens is 372 g/mol. The minimum absolute atomic E-state index is 0.192. The Morgan fingerprint density at radius 3 is 2.41 bits per heavy atom. The molecule has 0 unspecified atom stereocenters. The third-order valence-corrected chi connectivity index (χ3v) is 4.78. The number of anilines is 1. The second kappa shape index (κ2) is 8.51. The van der Waals surface area contributed by atoms with Gasteiger partial charge in [0.05, 0.1) is 11.3 Å². The van der Waals surface area contributed by atoms with Crippen LogP contribution in [0.1, 0.15) is 10.4 Å². The molecule has 0 N–H and O–H groups in total. The van der Waals surface area contributed by atoms with Crippen molar-refractivity contribution in [1.82, 2.24) is 25.1 Å². The van der Waals surface area contributed by atoms with Crippen molar-refractivity contribution in [3.05, 3.63) is 66.5 Å². The zero-order valence-electron chi connectivity index (χ0n) is 15.7. The summed E-state index contributed by atoms with van der Waals surface area (Å²) < 4.78 is 6.66. The molecule has 0 saturated carbocycles. The van der Waals surface area contributed by atoms with Gasteiger partial charge in [-0.2, -0.15) is 0 Å². The molecule has 2 heterocycles. The standard InChI is InChI=1S/C20H20N6O3/c27-19(25-11-9-24(10-12-25)17-6-2-1-3-7-17)14-29-20(28)16-5-4-8-18(13-16)26-15-21-22-23-26/h1-8,13,15H,9-12,14H2. The van der Waals surface area contributed by atoms with Gasteiger partial charge in [0.1, 0.15) is 6.33 Å². The Morgan fingerprint density at radius 1 is 0.931 bits per heavy atom. The Bertz CT molecular complexity index is 969. The van der Waals surface area contributed by atoms with E-state index in [-0.39, 0.29) is 12.5 Å². The van der Waals surface area contributed by atoms with Gasteiger partial charge in [-0.15, -0.1) is 5.10 Å². The molecule has 0 aliphatic carbocycles. The topological polar surface area (TPSA) is 93.5 Å². The Morgan fingerprint density at radius 2 is 1.69 bits per heavy atom. The summed E-state index contributed by atoms with van der Waals surface area (Å²) >= 11 is 0. The summed E-state index contributed by atoms with van der Waals surface area (Å²) in [6.07, 6.45) is 1.43. The van der Waals surface area contributed by atoms with E-state index in [9.17, 15) is 9.59 Å². The van der Waals surface area contributed by atoms with Crippen molar-refractivity contribution in [3.8, 4) is 5.69 Å². The van der Waals surface area contributed by atoms with Gasteiger partial charge in [0, 0.05) is 31.9 Å². The maximum Gasteiger partial charge on any atom is 0.338 e. The second-order valence-corrected chi connectivity index (χ2v) is 6.58. The number of ether oxygens (including phenoxy) is 1. The Labute approximate surface area is 167 Å². The van der Waals surface area contributed by atoms with E-state index in [1.165, 1.54) is 11.0 Å². The molecule has 1 fully saturated rings. The average molecular weight is 392 g/mol. The molecule has 2 aromatic carbocycles. The molecule has 9 heteroatoms. The largest absolute Gasteiger partial charge is 0.452 e. The van der Waals surface area contributed by atoms with E-state index in [1.807, 2.05) is 18.2 Å². The SMILES string of the molecule is O=C(OCC(=O)N1CCN(c2ccccc2)CC1)c1cccc(-n2cnnn2)c1. The number of tetrazole rings is 1. The van der Waals surface area contributed by atoms with E-state index >= 15 is 0 Å². The number of nitrogens with zero attached hydrogens (tertiary/aromatic N) is 6. The van der Waals surface area contributed by atoms with Crippen LogP contribution < -0.4 is 4.90 Å². The zero-order chi connectivity index (χ0) is 20.1. The van der Waals surface area contributed by atoms with Crippen molar-refractivity contribution in [2.24, 2.45) is 0 Å². The number of hydrogen-bond donors (Lipinski definition) is 0. The molecule has 3 aromatic rings. The van der Waals surface area contributed by atoms with Crippen LogP contribution in [0.4, 0.5) is 5.69 Å². The van der Waals surface area contributed by atoms with E-state index in [0.29, 0.717) is 24.3 Å². The fourth-order valence-electron chi connectivity index (χ4n) is 3.21. The summed E-state index contributed by atoms with van der Waals surface area (Å²) in [6.45, 7) is 2.41. The van der Waals surface area contributed by atoms with Crippen molar-refractivity contribution >= 4 is 17.6 Å². The molecule has 29 heavy (non-hydrogen) atoms. The van der Waals surface area contributed by atoms with Crippen LogP contribution in [0.25, 0.3) is 5.69 Å². The molecule has 9 nitrogen and oxygen atoms in total. The maximum absolute atomic E-state index is 12.4. The first-order valence-electron chi connectivity index (χ1n) is 9.29. The number of hydrogen-bond acceptors (Lipinski definition) is 7. The smallest absolute Gasteiger partial charge is 0.338 e.